The van der Waals surface area contributed by atoms with Crippen molar-refractivity contribution in [2.24, 2.45) is 7.05 Å². The molecule has 0 unspecified atom stereocenters. The number of carbonyl (C=O) groups is 2. The van der Waals surface area contributed by atoms with Crippen LogP contribution >= 0.6 is 0 Å². The molecule has 2 aromatic rings. The Bertz CT molecular complexity index is 836. The van der Waals surface area contributed by atoms with Gasteiger partial charge in [-0.25, -0.2) is 4.79 Å². The summed E-state index contributed by atoms with van der Waals surface area (Å²) in [4.78, 5) is 29.1. The van der Waals surface area contributed by atoms with Gasteiger partial charge in [-0.15, -0.1) is 6.58 Å². The van der Waals surface area contributed by atoms with Gasteiger partial charge in [-0.2, -0.15) is 0 Å². The Morgan fingerprint density at radius 3 is 2.54 bits per heavy atom. The third-order valence-electron chi connectivity index (χ3n) is 4.96. The molecular weight excluding hydrogens is 352 g/mol. The smallest absolute Gasteiger partial charge is 0.322 e. The average molecular weight is 380 g/mol. The van der Waals surface area contributed by atoms with Crippen molar-refractivity contribution in [3.05, 3.63) is 66.5 Å². The van der Waals surface area contributed by atoms with Gasteiger partial charge in [0.2, 0.25) is 5.91 Å². The molecule has 1 heterocycles. The van der Waals surface area contributed by atoms with Crippen molar-refractivity contribution >= 4 is 17.6 Å². The fourth-order valence-electron chi connectivity index (χ4n) is 3.11. The van der Waals surface area contributed by atoms with Gasteiger partial charge < -0.3 is 19.7 Å². The minimum atomic E-state index is -0.299. The fourth-order valence-corrected chi connectivity index (χ4v) is 3.11. The van der Waals surface area contributed by atoms with Gasteiger partial charge in [0.25, 0.3) is 0 Å². The first kappa shape index (κ1) is 19.7. The Kier molecular flexibility index (Phi) is 6.19. The Balaban J connectivity index is 1.66. The van der Waals surface area contributed by atoms with Crippen LogP contribution in [0.3, 0.4) is 0 Å². The average Bonchev–Trinajstić information content (AvgIpc) is 3.43. The maximum Gasteiger partial charge on any atom is 0.322 e. The largest absolute Gasteiger partial charge is 0.353 e. The number of aryl methyl sites for hydroxylation is 2. The molecule has 1 aliphatic carbocycles. The van der Waals surface area contributed by atoms with E-state index >= 15 is 0 Å². The summed E-state index contributed by atoms with van der Waals surface area (Å²) in [5.74, 6) is -0.0374. The second-order valence-electron chi connectivity index (χ2n) is 7.33. The summed E-state index contributed by atoms with van der Waals surface area (Å²) >= 11 is 0. The van der Waals surface area contributed by atoms with E-state index in [1.54, 1.807) is 6.08 Å². The number of benzene rings is 1. The van der Waals surface area contributed by atoms with E-state index in [9.17, 15) is 9.59 Å². The molecule has 0 aliphatic heterocycles. The fraction of sp³-hybridized carbons (Fsp3) is 0.364. The monoisotopic (exact) mass is 380 g/mol. The molecule has 1 aromatic heterocycles. The predicted molar refractivity (Wildman–Crippen MR) is 111 cm³/mol. The quantitative estimate of drug-likeness (QED) is 0.712. The van der Waals surface area contributed by atoms with Crippen molar-refractivity contribution in [2.45, 2.75) is 32.4 Å². The lowest BCUT2D eigenvalue weighted by molar-refractivity contribution is -0.133. The van der Waals surface area contributed by atoms with E-state index in [-0.39, 0.29) is 24.5 Å². The zero-order valence-corrected chi connectivity index (χ0v) is 16.6. The zero-order chi connectivity index (χ0) is 20.1. The molecule has 1 N–H and O–H groups in total. The van der Waals surface area contributed by atoms with Gasteiger partial charge >= 0.3 is 6.03 Å². The molecule has 0 spiro atoms. The van der Waals surface area contributed by atoms with Crippen LogP contribution in [0.25, 0.3) is 0 Å². The second kappa shape index (κ2) is 8.78. The van der Waals surface area contributed by atoms with Crippen molar-refractivity contribution < 1.29 is 9.59 Å². The third kappa shape index (κ3) is 5.03. The molecule has 6 nitrogen and oxygen atoms in total. The van der Waals surface area contributed by atoms with Crippen LogP contribution in [0, 0.1) is 6.92 Å². The Morgan fingerprint density at radius 1 is 1.25 bits per heavy atom. The number of aromatic nitrogens is 1. The van der Waals surface area contributed by atoms with Crippen LogP contribution in [0.1, 0.15) is 24.1 Å². The van der Waals surface area contributed by atoms with E-state index in [1.165, 1.54) is 4.90 Å². The van der Waals surface area contributed by atoms with Crippen molar-refractivity contribution in [3.8, 4) is 0 Å². The molecule has 0 saturated heterocycles. The molecule has 0 bridgehead atoms. The normalized spacial score (nSPS) is 13.1. The molecule has 1 aromatic carbocycles. The van der Waals surface area contributed by atoms with Crippen molar-refractivity contribution in [2.75, 3.05) is 18.4 Å². The van der Waals surface area contributed by atoms with Crippen LogP contribution in [0.4, 0.5) is 10.5 Å². The van der Waals surface area contributed by atoms with Crippen molar-refractivity contribution in [1.82, 2.24) is 14.4 Å². The summed E-state index contributed by atoms with van der Waals surface area (Å²) < 4.78 is 2.02. The zero-order valence-electron chi connectivity index (χ0n) is 16.6. The topological polar surface area (TPSA) is 57.6 Å². The molecule has 1 saturated carbocycles. The van der Waals surface area contributed by atoms with E-state index in [0.29, 0.717) is 18.8 Å². The summed E-state index contributed by atoms with van der Waals surface area (Å²) in [6.07, 6.45) is 5.66. The summed E-state index contributed by atoms with van der Waals surface area (Å²) in [6.45, 7) is 6.63. The number of urea groups is 1. The molecule has 0 atom stereocenters. The highest BCUT2D eigenvalue weighted by molar-refractivity contribution is 5.92. The van der Waals surface area contributed by atoms with E-state index in [1.807, 2.05) is 66.0 Å². The minimum Gasteiger partial charge on any atom is -0.353 e. The van der Waals surface area contributed by atoms with E-state index in [0.717, 1.165) is 24.1 Å². The lowest BCUT2D eigenvalue weighted by Crippen LogP contribution is -2.45. The lowest BCUT2D eigenvalue weighted by Gasteiger charge is -2.27. The third-order valence-corrected chi connectivity index (χ3v) is 4.96. The molecule has 6 heteroatoms. The van der Waals surface area contributed by atoms with Crippen LogP contribution in [0.15, 0.2) is 55.3 Å². The summed E-state index contributed by atoms with van der Waals surface area (Å²) in [6, 6.07) is 11.6. The summed E-state index contributed by atoms with van der Waals surface area (Å²) in [5, 5.41) is 2.86. The SMILES string of the molecule is C=CCN(CC(=O)N(Cc1cccn1C)C1CC1)C(=O)Nc1ccc(C)cc1. The number of anilines is 1. The van der Waals surface area contributed by atoms with E-state index in [4.69, 9.17) is 0 Å². The second-order valence-corrected chi connectivity index (χ2v) is 7.33. The summed E-state index contributed by atoms with van der Waals surface area (Å²) in [7, 11) is 1.98. The van der Waals surface area contributed by atoms with Gasteiger partial charge in [0.15, 0.2) is 0 Å². The van der Waals surface area contributed by atoms with Gasteiger partial charge in [-0.05, 0) is 44.0 Å². The first-order valence-corrected chi connectivity index (χ1v) is 9.61. The number of amides is 3. The Hall–Kier alpha value is -3.02. The number of carbonyl (C=O) groups excluding carboxylic acids is 2. The number of rotatable bonds is 8. The first-order chi connectivity index (χ1) is 13.5. The van der Waals surface area contributed by atoms with Crippen LogP contribution in [0.2, 0.25) is 0 Å². The van der Waals surface area contributed by atoms with Gasteiger partial charge in [0.1, 0.15) is 6.54 Å². The molecule has 3 rings (SSSR count). The highest BCUT2D eigenvalue weighted by Crippen LogP contribution is 2.28. The van der Waals surface area contributed by atoms with Crippen LogP contribution < -0.4 is 5.32 Å². The molecule has 1 fully saturated rings. The first-order valence-electron chi connectivity index (χ1n) is 9.61. The van der Waals surface area contributed by atoms with Gasteiger partial charge in [0.05, 0.1) is 6.54 Å². The van der Waals surface area contributed by atoms with Gasteiger partial charge in [-0.1, -0.05) is 23.8 Å². The van der Waals surface area contributed by atoms with Crippen LogP contribution in [-0.2, 0) is 18.4 Å². The molecule has 0 radical (unpaired) electrons. The molecule has 3 amide bonds. The predicted octanol–water partition coefficient (Wildman–Crippen LogP) is 3.54. The van der Waals surface area contributed by atoms with Gasteiger partial charge in [0, 0.05) is 37.2 Å². The minimum absolute atomic E-state index is 0.0324. The highest BCUT2D eigenvalue weighted by Gasteiger charge is 2.34. The molecular formula is C22H28N4O2. The lowest BCUT2D eigenvalue weighted by atomic mass is 10.2. The highest BCUT2D eigenvalue weighted by atomic mass is 16.2. The van der Waals surface area contributed by atoms with Crippen molar-refractivity contribution in [1.29, 1.82) is 0 Å². The van der Waals surface area contributed by atoms with E-state index in [2.05, 4.69) is 11.9 Å². The summed E-state index contributed by atoms with van der Waals surface area (Å²) in [5.41, 5.74) is 2.91. The van der Waals surface area contributed by atoms with Crippen molar-refractivity contribution in [3.63, 3.8) is 0 Å². The molecule has 148 valence electrons. The van der Waals surface area contributed by atoms with Crippen LogP contribution in [0.5, 0.6) is 0 Å². The molecule has 28 heavy (non-hydrogen) atoms. The van der Waals surface area contributed by atoms with Gasteiger partial charge in [-0.3, -0.25) is 4.79 Å². The number of hydrogen-bond donors (Lipinski definition) is 1. The number of nitrogens with one attached hydrogen (secondary N) is 1. The van der Waals surface area contributed by atoms with E-state index < -0.39 is 0 Å². The Morgan fingerprint density at radius 2 is 1.96 bits per heavy atom. The maximum absolute atomic E-state index is 13.0. The maximum atomic E-state index is 13.0. The standard InChI is InChI=1S/C22H28N4O2/c1-4-13-25(22(28)23-18-9-7-17(2)8-10-18)16-21(27)26(19-11-12-19)15-20-6-5-14-24(20)3/h4-10,14,19H,1,11-13,15-16H2,2-3H3,(H,23,28). The number of hydrogen-bond acceptors (Lipinski definition) is 2. The molecule has 1 aliphatic rings. The van der Waals surface area contributed by atoms with Crippen LogP contribution in [-0.4, -0.2) is 45.4 Å². The Labute approximate surface area is 166 Å². The number of nitrogens with zero attached hydrogens (tertiary/aromatic N) is 3.